The van der Waals surface area contributed by atoms with Gasteiger partial charge >= 0.3 is 0 Å². The first-order valence-electron chi connectivity index (χ1n) is 7.83. The first kappa shape index (κ1) is 15.5. The van der Waals surface area contributed by atoms with E-state index in [4.69, 9.17) is 0 Å². The highest BCUT2D eigenvalue weighted by Crippen LogP contribution is 2.24. The van der Waals surface area contributed by atoms with E-state index in [1.165, 1.54) is 12.1 Å². The summed E-state index contributed by atoms with van der Waals surface area (Å²) in [5.41, 5.74) is 2.48. The number of aryl methyl sites for hydroxylation is 1. The minimum Gasteiger partial charge on any atom is -0.311 e. The van der Waals surface area contributed by atoms with Crippen LogP contribution in [0.25, 0.3) is 0 Å². The Hall–Kier alpha value is -0.930. The molecule has 0 aromatic carbocycles. The summed E-state index contributed by atoms with van der Waals surface area (Å²) in [7, 11) is 0. The molecule has 112 valence electrons. The Morgan fingerprint density at radius 2 is 2.20 bits per heavy atom. The van der Waals surface area contributed by atoms with Gasteiger partial charge in [0.1, 0.15) is 0 Å². The van der Waals surface area contributed by atoms with E-state index in [1.54, 1.807) is 0 Å². The molecule has 0 radical (unpaired) electrons. The molecule has 0 amide bonds. The van der Waals surface area contributed by atoms with Gasteiger partial charge in [-0.15, -0.1) is 0 Å². The Bertz CT molecular complexity index is 442. The van der Waals surface area contributed by atoms with E-state index in [0.717, 1.165) is 31.2 Å². The summed E-state index contributed by atoms with van der Waals surface area (Å²) in [6.45, 7) is 14.4. The summed E-state index contributed by atoms with van der Waals surface area (Å²) in [6.07, 6.45) is 1.23. The van der Waals surface area contributed by atoms with Crippen LogP contribution in [0.1, 0.15) is 45.5 Å². The van der Waals surface area contributed by atoms with Crippen LogP contribution in [0.2, 0.25) is 0 Å². The molecule has 2 unspecified atom stereocenters. The van der Waals surface area contributed by atoms with Crippen LogP contribution in [-0.4, -0.2) is 34.6 Å². The van der Waals surface area contributed by atoms with Crippen molar-refractivity contribution < 1.29 is 0 Å². The highest BCUT2D eigenvalue weighted by Gasteiger charge is 2.35. The predicted octanol–water partition coefficient (Wildman–Crippen LogP) is 2.99. The summed E-state index contributed by atoms with van der Waals surface area (Å²) in [6, 6.07) is 6.91. The van der Waals surface area contributed by atoms with Gasteiger partial charge in [-0.2, -0.15) is 0 Å². The van der Waals surface area contributed by atoms with Crippen molar-refractivity contribution in [2.45, 2.75) is 59.2 Å². The van der Waals surface area contributed by atoms with E-state index in [9.17, 15) is 0 Å². The van der Waals surface area contributed by atoms with Gasteiger partial charge in [0.05, 0.1) is 5.69 Å². The molecular formula is C17H29N3. The summed E-state index contributed by atoms with van der Waals surface area (Å²) >= 11 is 0. The molecule has 3 nitrogen and oxygen atoms in total. The third-order valence-corrected chi connectivity index (χ3v) is 4.70. The van der Waals surface area contributed by atoms with Crippen LogP contribution in [0.15, 0.2) is 18.2 Å². The second-order valence-corrected chi connectivity index (χ2v) is 6.84. The van der Waals surface area contributed by atoms with Crippen molar-refractivity contribution in [2.24, 2.45) is 5.92 Å². The molecule has 1 aromatic heterocycles. The SMILES string of the molecule is CCC(C)C1CN(Cc2cccc(C)n2)C(C)(C)CN1. The Balaban J connectivity index is 2.10. The van der Waals surface area contributed by atoms with Crippen LogP contribution in [0.5, 0.6) is 0 Å². The van der Waals surface area contributed by atoms with Crippen LogP contribution < -0.4 is 5.32 Å². The number of pyridine rings is 1. The number of piperazine rings is 1. The number of nitrogens with one attached hydrogen (secondary N) is 1. The van der Waals surface area contributed by atoms with Gasteiger partial charge in [-0.1, -0.05) is 26.3 Å². The smallest absolute Gasteiger partial charge is 0.0547 e. The number of aromatic nitrogens is 1. The Kier molecular flexibility index (Phi) is 4.82. The van der Waals surface area contributed by atoms with Gasteiger partial charge in [-0.3, -0.25) is 9.88 Å². The molecule has 2 atom stereocenters. The van der Waals surface area contributed by atoms with Crippen molar-refractivity contribution in [3.8, 4) is 0 Å². The van der Waals surface area contributed by atoms with E-state index < -0.39 is 0 Å². The number of hydrogen-bond acceptors (Lipinski definition) is 3. The lowest BCUT2D eigenvalue weighted by atomic mass is 9.90. The normalized spacial score (nSPS) is 24.6. The largest absolute Gasteiger partial charge is 0.311 e. The maximum Gasteiger partial charge on any atom is 0.0547 e. The molecule has 2 heterocycles. The van der Waals surface area contributed by atoms with Crippen molar-refractivity contribution in [1.82, 2.24) is 15.2 Å². The van der Waals surface area contributed by atoms with Crippen molar-refractivity contribution >= 4 is 0 Å². The van der Waals surface area contributed by atoms with Crippen molar-refractivity contribution in [2.75, 3.05) is 13.1 Å². The lowest BCUT2D eigenvalue weighted by Gasteiger charge is -2.47. The zero-order chi connectivity index (χ0) is 14.8. The molecule has 20 heavy (non-hydrogen) atoms. The monoisotopic (exact) mass is 275 g/mol. The van der Waals surface area contributed by atoms with E-state index in [-0.39, 0.29) is 5.54 Å². The van der Waals surface area contributed by atoms with E-state index in [2.05, 4.69) is 68.0 Å². The third kappa shape index (κ3) is 3.58. The summed E-state index contributed by atoms with van der Waals surface area (Å²) in [5.74, 6) is 0.721. The molecule has 2 rings (SSSR count). The van der Waals surface area contributed by atoms with E-state index in [0.29, 0.717) is 6.04 Å². The first-order chi connectivity index (χ1) is 9.42. The maximum absolute atomic E-state index is 4.66. The summed E-state index contributed by atoms with van der Waals surface area (Å²) in [5, 5.41) is 3.73. The van der Waals surface area contributed by atoms with Crippen molar-refractivity contribution in [1.29, 1.82) is 0 Å². The standard InChI is InChI=1S/C17H29N3/c1-6-13(2)16-11-20(17(4,5)12-18-16)10-15-9-7-8-14(3)19-15/h7-9,13,16,18H,6,10-12H2,1-5H3. The topological polar surface area (TPSA) is 28.2 Å². The molecule has 0 bridgehead atoms. The zero-order valence-corrected chi connectivity index (χ0v) is 13.6. The Morgan fingerprint density at radius 1 is 1.45 bits per heavy atom. The number of hydrogen-bond donors (Lipinski definition) is 1. The van der Waals surface area contributed by atoms with Gasteiger partial charge in [0.2, 0.25) is 0 Å². The highest BCUT2D eigenvalue weighted by atomic mass is 15.3. The van der Waals surface area contributed by atoms with Crippen LogP contribution in [0.3, 0.4) is 0 Å². The summed E-state index contributed by atoms with van der Waals surface area (Å²) in [4.78, 5) is 7.25. The van der Waals surface area contributed by atoms with Crippen molar-refractivity contribution in [3.05, 3.63) is 29.6 Å². The Morgan fingerprint density at radius 3 is 2.85 bits per heavy atom. The van der Waals surface area contributed by atoms with Gasteiger partial charge in [-0.25, -0.2) is 0 Å². The first-order valence-corrected chi connectivity index (χ1v) is 7.83. The molecule has 1 N–H and O–H groups in total. The molecule has 0 saturated carbocycles. The van der Waals surface area contributed by atoms with E-state index in [1.807, 2.05) is 0 Å². The second kappa shape index (κ2) is 6.23. The van der Waals surface area contributed by atoms with Gasteiger partial charge in [-0.05, 0) is 38.8 Å². The van der Waals surface area contributed by atoms with Gasteiger partial charge in [0.15, 0.2) is 0 Å². The summed E-state index contributed by atoms with van der Waals surface area (Å²) < 4.78 is 0. The minimum absolute atomic E-state index is 0.190. The molecule has 1 aliphatic heterocycles. The average molecular weight is 275 g/mol. The van der Waals surface area contributed by atoms with Crippen LogP contribution >= 0.6 is 0 Å². The highest BCUT2D eigenvalue weighted by molar-refractivity contribution is 5.11. The molecule has 1 saturated heterocycles. The molecule has 0 spiro atoms. The second-order valence-electron chi connectivity index (χ2n) is 6.84. The molecule has 1 aromatic rings. The van der Waals surface area contributed by atoms with E-state index >= 15 is 0 Å². The maximum atomic E-state index is 4.66. The van der Waals surface area contributed by atoms with Crippen LogP contribution in [-0.2, 0) is 6.54 Å². The lowest BCUT2D eigenvalue weighted by molar-refractivity contribution is 0.0438. The molecule has 1 fully saturated rings. The minimum atomic E-state index is 0.190. The van der Waals surface area contributed by atoms with Gasteiger partial charge in [0, 0.05) is 36.9 Å². The molecule has 0 aliphatic carbocycles. The van der Waals surface area contributed by atoms with Crippen molar-refractivity contribution in [3.63, 3.8) is 0 Å². The number of nitrogens with zero attached hydrogens (tertiary/aromatic N) is 2. The predicted molar refractivity (Wildman–Crippen MR) is 84.7 cm³/mol. The quantitative estimate of drug-likeness (QED) is 0.915. The Labute approximate surface area is 123 Å². The molecule has 1 aliphatic rings. The molecule has 3 heteroatoms. The number of rotatable bonds is 4. The van der Waals surface area contributed by atoms with Gasteiger partial charge in [0.25, 0.3) is 0 Å². The fourth-order valence-corrected chi connectivity index (χ4v) is 2.87. The lowest BCUT2D eigenvalue weighted by Crippen LogP contribution is -2.62. The fourth-order valence-electron chi connectivity index (χ4n) is 2.87. The fraction of sp³-hybridized carbons (Fsp3) is 0.706. The van der Waals surface area contributed by atoms with Crippen LogP contribution in [0, 0.1) is 12.8 Å². The van der Waals surface area contributed by atoms with Crippen LogP contribution in [0.4, 0.5) is 0 Å². The molecular weight excluding hydrogens is 246 g/mol. The zero-order valence-electron chi connectivity index (χ0n) is 13.6. The van der Waals surface area contributed by atoms with Gasteiger partial charge < -0.3 is 5.32 Å². The third-order valence-electron chi connectivity index (χ3n) is 4.70. The average Bonchev–Trinajstić information content (AvgIpc) is 2.40.